The summed E-state index contributed by atoms with van der Waals surface area (Å²) in [5.74, 6) is 2.82. The summed E-state index contributed by atoms with van der Waals surface area (Å²) in [5, 5.41) is 3.74. The zero-order valence-electron chi connectivity index (χ0n) is 22.2. The number of hydrogen-bond donors (Lipinski definition) is 1. The molecule has 0 amide bonds. The van der Waals surface area contributed by atoms with Gasteiger partial charge in [0.15, 0.2) is 0 Å². The molecule has 2 aliphatic heterocycles. The zero-order chi connectivity index (χ0) is 26.1. The molecular formula is C32H32N2O3. The normalized spacial score (nSPS) is 21.2. The van der Waals surface area contributed by atoms with Crippen LogP contribution >= 0.6 is 0 Å². The molecule has 188 valence electrons. The van der Waals surface area contributed by atoms with E-state index in [9.17, 15) is 0 Å². The smallest absolute Gasteiger partial charge is 0.249 e. The number of aromatic nitrogens is 1. The molecule has 3 heterocycles. The number of oxazole rings is 1. The van der Waals surface area contributed by atoms with Crippen molar-refractivity contribution in [3.05, 3.63) is 107 Å². The second-order valence-electron chi connectivity index (χ2n) is 10.6. The molecule has 6 rings (SSSR count). The van der Waals surface area contributed by atoms with Gasteiger partial charge in [-0.3, -0.25) is 0 Å². The van der Waals surface area contributed by atoms with E-state index >= 15 is 0 Å². The van der Waals surface area contributed by atoms with Crippen LogP contribution in [0.5, 0.6) is 11.5 Å². The first-order valence-corrected chi connectivity index (χ1v) is 12.7. The summed E-state index contributed by atoms with van der Waals surface area (Å²) in [4.78, 5) is 4.95. The third-order valence-electron chi connectivity index (χ3n) is 8.05. The highest BCUT2D eigenvalue weighted by Gasteiger charge is 2.52. The first-order chi connectivity index (χ1) is 17.7. The first kappa shape index (κ1) is 23.4. The largest absolute Gasteiger partial charge is 0.496 e. The number of rotatable bonds is 3. The summed E-state index contributed by atoms with van der Waals surface area (Å²) in [7, 11) is 1.70. The Morgan fingerprint density at radius 3 is 2.43 bits per heavy atom. The number of nitrogens with one attached hydrogen (secondary N) is 1. The molecule has 5 heteroatoms. The van der Waals surface area contributed by atoms with Gasteiger partial charge < -0.3 is 19.2 Å². The van der Waals surface area contributed by atoms with Gasteiger partial charge in [-0.15, -0.1) is 0 Å². The van der Waals surface area contributed by atoms with Crippen molar-refractivity contribution in [3.8, 4) is 22.6 Å². The monoisotopic (exact) mass is 492 g/mol. The van der Waals surface area contributed by atoms with Crippen molar-refractivity contribution in [1.29, 1.82) is 0 Å². The predicted molar refractivity (Wildman–Crippen MR) is 147 cm³/mol. The van der Waals surface area contributed by atoms with Gasteiger partial charge in [0.05, 0.1) is 23.9 Å². The van der Waals surface area contributed by atoms with Crippen LogP contribution < -0.4 is 14.8 Å². The fraction of sp³-hybridized carbons (Fsp3) is 0.281. The molecule has 4 aromatic rings. The van der Waals surface area contributed by atoms with Crippen molar-refractivity contribution >= 4 is 5.69 Å². The Morgan fingerprint density at radius 1 is 1.00 bits per heavy atom. The number of nitrogens with zero attached hydrogens (tertiary/aromatic N) is 1. The summed E-state index contributed by atoms with van der Waals surface area (Å²) in [6.07, 6.45) is 0. The van der Waals surface area contributed by atoms with E-state index in [1.165, 1.54) is 0 Å². The van der Waals surface area contributed by atoms with Crippen LogP contribution in [-0.4, -0.2) is 17.6 Å². The number of ether oxygens (including phenoxy) is 2. The van der Waals surface area contributed by atoms with Crippen LogP contribution in [-0.2, 0) is 5.60 Å². The molecule has 0 radical (unpaired) electrons. The Kier molecular flexibility index (Phi) is 5.07. The summed E-state index contributed by atoms with van der Waals surface area (Å²) in [5.41, 5.74) is 6.70. The fourth-order valence-electron chi connectivity index (χ4n) is 5.92. The Morgan fingerprint density at radius 2 is 1.76 bits per heavy atom. The quantitative estimate of drug-likeness (QED) is 0.300. The molecule has 0 spiro atoms. The fourth-order valence-corrected chi connectivity index (χ4v) is 5.92. The SMILES string of the molecule is C=C1C(C)c2c(ccc3c2C(c2ccccc2)(c2nc(C)c(C)o2)Oc2cccc(OC)c2-3)NC1(C)C. The molecule has 1 aromatic heterocycles. The third kappa shape index (κ3) is 3.19. The molecule has 0 aliphatic carbocycles. The lowest BCUT2D eigenvalue weighted by Gasteiger charge is -2.46. The second-order valence-corrected chi connectivity index (χ2v) is 10.6. The standard InChI is InChI=1S/C32H32N2O3/c1-18-19(2)31(5,6)34-24-17-16-23-28-25(35-7)14-11-15-26(28)37-32(29(23)27(18)24,22-12-9-8-10-13-22)30-33-20(3)21(4)36-30/h8-18,34H,2H2,1,3-7H3. The van der Waals surface area contributed by atoms with Gasteiger partial charge >= 0.3 is 0 Å². The molecule has 37 heavy (non-hydrogen) atoms. The molecule has 5 nitrogen and oxygen atoms in total. The van der Waals surface area contributed by atoms with Crippen LogP contribution in [0.4, 0.5) is 5.69 Å². The van der Waals surface area contributed by atoms with E-state index < -0.39 is 5.60 Å². The van der Waals surface area contributed by atoms with Gasteiger partial charge in [0, 0.05) is 22.7 Å². The maximum Gasteiger partial charge on any atom is 0.249 e. The van der Waals surface area contributed by atoms with E-state index in [2.05, 4.69) is 56.9 Å². The van der Waals surface area contributed by atoms with Gasteiger partial charge in [0.1, 0.15) is 17.3 Å². The molecule has 2 unspecified atom stereocenters. The van der Waals surface area contributed by atoms with Crippen LogP contribution in [0, 0.1) is 13.8 Å². The highest BCUT2D eigenvalue weighted by atomic mass is 16.5. The third-order valence-corrected chi connectivity index (χ3v) is 8.05. The van der Waals surface area contributed by atoms with Crippen LogP contribution in [0.25, 0.3) is 11.1 Å². The van der Waals surface area contributed by atoms with E-state index in [1.807, 2.05) is 50.2 Å². The van der Waals surface area contributed by atoms with E-state index in [4.69, 9.17) is 18.9 Å². The van der Waals surface area contributed by atoms with E-state index in [0.717, 1.165) is 62.0 Å². The van der Waals surface area contributed by atoms with Crippen molar-refractivity contribution in [1.82, 2.24) is 4.98 Å². The molecule has 2 atom stereocenters. The lowest BCUT2D eigenvalue weighted by Crippen LogP contribution is -2.44. The van der Waals surface area contributed by atoms with Crippen molar-refractivity contribution in [2.45, 2.75) is 51.7 Å². The second kappa shape index (κ2) is 8.01. The van der Waals surface area contributed by atoms with E-state index in [-0.39, 0.29) is 11.5 Å². The minimum atomic E-state index is -1.11. The lowest BCUT2D eigenvalue weighted by atomic mass is 9.69. The number of hydrogen-bond acceptors (Lipinski definition) is 5. The minimum absolute atomic E-state index is 0.0568. The molecule has 2 aliphatic rings. The molecule has 1 N–H and O–H groups in total. The predicted octanol–water partition coefficient (Wildman–Crippen LogP) is 7.52. The molecular weight excluding hydrogens is 460 g/mol. The highest BCUT2D eigenvalue weighted by molar-refractivity contribution is 5.87. The molecule has 0 saturated carbocycles. The van der Waals surface area contributed by atoms with Crippen molar-refractivity contribution in [3.63, 3.8) is 0 Å². The van der Waals surface area contributed by atoms with Crippen molar-refractivity contribution in [2.24, 2.45) is 0 Å². The molecule has 0 saturated heterocycles. The van der Waals surface area contributed by atoms with Gasteiger partial charge in [0.2, 0.25) is 11.5 Å². The minimum Gasteiger partial charge on any atom is -0.496 e. The average molecular weight is 493 g/mol. The Bertz CT molecular complexity index is 1530. The van der Waals surface area contributed by atoms with Gasteiger partial charge in [0.25, 0.3) is 0 Å². The molecule has 3 aromatic carbocycles. The number of aryl methyl sites for hydroxylation is 2. The van der Waals surface area contributed by atoms with Crippen LogP contribution in [0.3, 0.4) is 0 Å². The van der Waals surface area contributed by atoms with Gasteiger partial charge in [-0.1, -0.05) is 56.0 Å². The topological polar surface area (TPSA) is 56.5 Å². The van der Waals surface area contributed by atoms with Crippen LogP contribution in [0.15, 0.2) is 77.2 Å². The summed E-state index contributed by atoms with van der Waals surface area (Å²) >= 11 is 0. The first-order valence-electron chi connectivity index (χ1n) is 12.7. The van der Waals surface area contributed by atoms with Gasteiger partial charge in [-0.2, -0.15) is 0 Å². The maximum absolute atomic E-state index is 7.14. The number of fused-ring (bicyclic) bond motifs is 5. The van der Waals surface area contributed by atoms with E-state index in [1.54, 1.807) is 7.11 Å². The number of methoxy groups -OCH3 is 1. The Balaban J connectivity index is 1.81. The summed E-state index contributed by atoms with van der Waals surface area (Å²) in [6.45, 7) is 15.0. The Hall–Kier alpha value is -3.99. The zero-order valence-corrected chi connectivity index (χ0v) is 22.2. The van der Waals surface area contributed by atoms with Crippen molar-refractivity contribution in [2.75, 3.05) is 12.4 Å². The van der Waals surface area contributed by atoms with E-state index in [0.29, 0.717) is 5.89 Å². The molecule has 0 fully saturated rings. The Labute approximate surface area is 218 Å². The van der Waals surface area contributed by atoms with Crippen LogP contribution in [0.2, 0.25) is 0 Å². The van der Waals surface area contributed by atoms with Crippen molar-refractivity contribution < 1.29 is 13.9 Å². The maximum atomic E-state index is 7.14. The summed E-state index contributed by atoms with van der Waals surface area (Å²) < 4.78 is 19.4. The van der Waals surface area contributed by atoms with Gasteiger partial charge in [-0.05, 0) is 62.6 Å². The lowest BCUT2D eigenvalue weighted by molar-refractivity contribution is 0.115. The molecule has 0 bridgehead atoms. The highest BCUT2D eigenvalue weighted by Crippen LogP contribution is 2.58. The number of benzene rings is 3. The summed E-state index contributed by atoms with van der Waals surface area (Å²) in [6, 6.07) is 20.5. The average Bonchev–Trinajstić information content (AvgIpc) is 3.24. The van der Waals surface area contributed by atoms with Crippen LogP contribution in [0.1, 0.15) is 60.7 Å². The van der Waals surface area contributed by atoms with Gasteiger partial charge in [-0.25, -0.2) is 4.98 Å². The number of anilines is 1.